The predicted molar refractivity (Wildman–Crippen MR) is 115 cm³/mol. The Morgan fingerprint density at radius 2 is 1.92 bits per heavy atom. The fourth-order valence-electron chi connectivity index (χ4n) is 2.28. The molecule has 1 aromatic heterocycles. The Hall–Kier alpha value is -2.10. The van der Waals surface area contributed by atoms with E-state index in [1.54, 1.807) is 10.9 Å². The van der Waals surface area contributed by atoms with E-state index in [0.29, 0.717) is 19.0 Å². The number of hydrogen-bond donors (Lipinski definition) is 3. The lowest BCUT2D eigenvalue weighted by Crippen LogP contribution is -2.43. The molecule has 0 unspecified atom stereocenters. The van der Waals surface area contributed by atoms with Gasteiger partial charge in [0, 0.05) is 26.3 Å². The molecule has 0 saturated carbocycles. The molecule has 0 saturated heterocycles. The van der Waals surface area contributed by atoms with Gasteiger partial charge in [-0.15, -0.1) is 24.0 Å². The average molecular weight is 470 g/mol. The third-order valence-corrected chi connectivity index (χ3v) is 3.66. The Labute approximate surface area is 171 Å². The average Bonchev–Trinajstić information content (AvgIpc) is 3.03. The Kier molecular flexibility index (Phi) is 10.4. The number of amides is 1. The van der Waals surface area contributed by atoms with Gasteiger partial charge in [-0.25, -0.2) is 4.99 Å². The molecule has 0 aliphatic rings. The van der Waals surface area contributed by atoms with E-state index >= 15 is 0 Å². The van der Waals surface area contributed by atoms with E-state index in [2.05, 4.69) is 38.2 Å². The van der Waals surface area contributed by atoms with Crippen molar-refractivity contribution in [1.29, 1.82) is 0 Å². The Bertz CT molecular complexity index is 686. The Morgan fingerprint density at radius 1 is 1.15 bits per heavy atom. The monoisotopic (exact) mass is 470 g/mol. The highest BCUT2D eigenvalue weighted by molar-refractivity contribution is 14.0. The van der Waals surface area contributed by atoms with Gasteiger partial charge in [-0.05, 0) is 25.0 Å². The largest absolute Gasteiger partial charge is 0.357 e. The molecule has 2 aromatic rings. The zero-order valence-electron chi connectivity index (χ0n) is 15.2. The molecule has 8 heteroatoms. The van der Waals surface area contributed by atoms with Gasteiger partial charge in [0.25, 0.3) is 0 Å². The van der Waals surface area contributed by atoms with Crippen molar-refractivity contribution in [1.82, 2.24) is 25.7 Å². The minimum Gasteiger partial charge on any atom is -0.357 e. The summed E-state index contributed by atoms with van der Waals surface area (Å²) in [6.07, 6.45) is 2.56. The minimum absolute atomic E-state index is 0. The number of aromatic nitrogens is 2. The number of benzene rings is 1. The normalized spacial score (nSPS) is 10.8. The lowest BCUT2D eigenvalue weighted by molar-refractivity contribution is -0.119. The molecular weight excluding hydrogens is 443 g/mol. The summed E-state index contributed by atoms with van der Waals surface area (Å²) >= 11 is 0. The van der Waals surface area contributed by atoms with Crippen LogP contribution < -0.4 is 16.0 Å². The molecule has 142 valence electrons. The van der Waals surface area contributed by atoms with E-state index in [1.807, 2.05) is 38.2 Å². The lowest BCUT2D eigenvalue weighted by Gasteiger charge is -2.11. The van der Waals surface area contributed by atoms with Crippen LogP contribution >= 0.6 is 24.0 Å². The van der Waals surface area contributed by atoms with Gasteiger partial charge in [0.1, 0.15) is 0 Å². The number of guanidine groups is 1. The van der Waals surface area contributed by atoms with Crippen molar-refractivity contribution >= 4 is 35.8 Å². The molecule has 2 rings (SSSR count). The topological polar surface area (TPSA) is 83.3 Å². The van der Waals surface area contributed by atoms with Crippen molar-refractivity contribution in [2.24, 2.45) is 12.0 Å². The second-order valence-corrected chi connectivity index (χ2v) is 5.58. The van der Waals surface area contributed by atoms with E-state index in [4.69, 9.17) is 0 Å². The van der Waals surface area contributed by atoms with Gasteiger partial charge < -0.3 is 16.0 Å². The standard InChI is InChI=1S/C18H26N6O.HI/c1-3-19-18(21-13-16-10-12-23-24(16)2)22-14-17(25)20-11-9-15-7-5-4-6-8-15;/h4-8,10,12H,3,9,11,13-14H2,1-2H3,(H,20,25)(H2,19,21,22);1H. The van der Waals surface area contributed by atoms with Crippen LogP contribution in [-0.4, -0.2) is 41.3 Å². The van der Waals surface area contributed by atoms with Crippen LogP contribution in [0.1, 0.15) is 18.2 Å². The van der Waals surface area contributed by atoms with Crippen LogP contribution in [0, 0.1) is 0 Å². The van der Waals surface area contributed by atoms with Crippen molar-refractivity contribution in [2.75, 3.05) is 19.6 Å². The number of nitrogens with zero attached hydrogens (tertiary/aromatic N) is 3. The van der Waals surface area contributed by atoms with E-state index in [0.717, 1.165) is 18.7 Å². The van der Waals surface area contributed by atoms with Crippen LogP contribution in [-0.2, 0) is 24.8 Å². The first-order chi connectivity index (χ1) is 12.2. The van der Waals surface area contributed by atoms with Crippen molar-refractivity contribution in [3.05, 3.63) is 53.9 Å². The van der Waals surface area contributed by atoms with Crippen molar-refractivity contribution in [3.8, 4) is 0 Å². The van der Waals surface area contributed by atoms with Crippen molar-refractivity contribution < 1.29 is 4.79 Å². The minimum atomic E-state index is -0.0536. The number of nitrogens with one attached hydrogen (secondary N) is 3. The second-order valence-electron chi connectivity index (χ2n) is 5.58. The van der Waals surface area contributed by atoms with Crippen LogP contribution in [0.15, 0.2) is 47.6 Å². The summed E-state index contributed by atoms with van der Waals surface area (Å²) in [4.78, 5) is 16.4. The molecule has 0 aliphatic heterocycles. The number of rotatable bonds is 8. The van der Waals surface area contributed by atoms with Gasteiger partial charge in [0.2, 0.25) is 5.91 Å². The highest BCUT2D eigenvalue weighted by Crippen LogP contribution is 1.98. The van der Waals surface area contributed by atoms with Crippen LogP contribution in [0.5, 0.6) is 0 Å². The maximum atomic E-state index is 12.0. The molecular formula is C18H27IN6O. The Balaban J connectivity index is 0.00000338. The van der Waals surface area contributed by atoms with Crippen LogP contribution in [0.3, 0.4) is 0 Å². The predicted octanol–water partition coefficient (Wildman–Crippen LogP) is 1.45. The van der Waals surface area contributed by atoms with E-state index in [9.17, 15) is 4.79 Å². The SMILES string of the molecule is CCNC(=NCc1ccnn1C)NCC(=O)NCCc1ccccc1.I. The quantitative estimate of drug-likeness (QED) is 0.310. The van der Waals surface area contributed by atoms with Crippen LogP contribution in [0.25, 0.3) is 0 Å². The van der Waals surface area contributed by atoms with Crippen molar-refractivity contribution in [3.63, 3.8) is 0 Å². The van der Waals surface area contributed by atoms with Crippen LogP contribution in [0.2, 0.25) is 0 Å². The van der Waals surface area contributed by atoms with Gasteiger partial charge in [0.15, 0.2) is 5.96 Å². The first kappa shape index (κ1) is 21.9. The first-order valence-corrected chi connectivity index (χ1v) is 8.48. The maximum absolute atomic E-state index is 12.0. The molecule has 0 fully saturated rings. The third kappa shape index (κ3) is 7.85. The highest BCUT2D eigenvalue weighted by atomic mass is 127. The molecule has 0 aliphatic carbocycles. The summed E-state index contributed by atoms with van der Waals surface area (Å²) in [5, 5.41) is 13.2. The molecule has 3 N–H and O–H groups in total. The first-order valence-electron chi connectivity index (χ1n) is 8.48. The molecule has 1 amide bonds. The zero-order chi connectivity index (χ0) is 17.9. The van der Waals surface area contributed by atoms with Crippen LogP contribution in [0.4, 0.5) is 0 Å². The van der Waals surface area contributed by atoms with Gasteiger partial charge in [-0.3, -0.25) is 9.48 Å². The summed E-state index contributed by atoms with van der Waals surface area (Å²) in [6, 6.07) is 12.0. The summed E-state index contributed by atoms with van der Waals surface area (Å²) in [7, 11) is 1.88. The number of carbonyl (C=O) groups is 1. The van der Waals surface area contributed by atoms with E-state index in [-0.39, 0.29) is 36.4 Å². The molecule has 0 spiro atoms. The zero-order valence-corrected chi connectivity index (χ0v) is 17.6. The number of hydrogen-bond acceptors (Lipinski definition) is 3. The lowest BCUT2D eigenvalue weighted by atomic mass is 10.1. The molecule has 7 nitrogen and oxygen atoms in total. The molecule has 1 heterocycles. The number of aliphatic imine (C=N–C) groups is 1. The molecule has 0 radical (unpaired) electrons. The summed E-state index contributed by atoms with van der Waals surface area (Å²) in [6.45, 7) is 4.02. The number of aryl methyl sites for hydroxylation is 1. The molecule has 1 aromatic carbocycles. The maximum Gasteiger partial charge on any atom is 0.239 e. The smallest absolute Gasteiger partial charge is 0.239 e. The van der Waals surface area contributed by atoms with Gasteiger partial charge >= 0.3 is 0 Å². The third-order valence-electron chi connectivity index (χ3n) is 3.66. The number of halogens is 1. The van der Waals surface area contributed by atoms with Gasteiger partial charge in [0.05, 0.1) is 18.8 Å². The molecule has 26 heavy (non-hydrogen) atoms. The summed E-state index contributed by atoms with van der Waals surface area (Å²) in [5.74, 6) is 0.559. The Morgan fingerprint density at radius 3 is 2.58 bits per heavy atom. The number of carbonyl (C=O) groups excluding carboxylic acids is 1. The summed E-state index contributed by atoms with van der Waals surface area (Å²) < 4.78 is 1.78. The van der Waals surface area contributed by atoms with E-state index in [1.165, 1.54) is 5.56 Å². The fourth-order valence-corrected chi connectivity index (χ4v) is 2.28. The second kappa shape index (κ2) is 12.3. The van der Waals surface area contributed by atoms with Gasteiger partial charge in [-0.2, -0.15) is 5.10 Å². The fraction of sp³-hybridized carbons (Fsp3) is 0.389. The highest BCUT2D eigenvalue weighted by Gasteiger charge is 2.04. The van der Waals surface area contributed by atoms with E-state index < -0.39 is 0 Å². The van der Waals surface area contributed by atoms with Gasteiger partial charge in [-0.1, -0.05) is 30.3 Å². The molecule has 0 atom stereocenters. The van der Waals surface area contributed by atoms with Crippen molar-refractivity contribution in [2.45, 2.75) is 19.9 Å². The molecule has 0 bridgehead atoms. The summed E-state index contributed by atoms with van der Waals surface area (Å²) in [5.41, 5.74) is 2.21.